The quantitative estimate of drug-likeness (QED) is 0.440. The molecule has 0 saturated carbocycles. The third kappa shape index (κ3) is 16.4. The van der Waals surface area contributed by atoms with E-state index >= 15 is 0 Å². The van der Waals surface area contributed by atoms with E-state index in [1.54, 1.807) is 0 Å². The Kier molecular flexibility index (Phi) is 19.9. The highest BCUT2D eigenvalue weighted by molar-refractivity contribution is 5.85. The van der Waals surface area contributed by atoms with Crippen molar-refractivity contribution in [1.82, 2.24) is 0 Å². The van der Waals surface area contributed by atoms with Crippen LogP contribution in [0.4, 0.5) is 4.79 Å². The van der Waals surface area contributed by atoms with Gasteiger partial charge in [-0.2, -0.15) is 4.89 Å². The first kappa shape index (κ1) is 17.8. The van der Waals surface area contributed by atoms with Crippen LogP contribution in [0.5, 0.6) is 0 Å². The Hall–Kier alpha value is -0.190. The summed E-state index contributed by atoms with van der Waals surface area (Å²) >= 11 is 0. The van der Waals surface area contributed by atoms with Gasteiger partial charge >= 0.3 is 6.16 Å². The molecule has 0 rings (SSSR count). The molecule has 0 heterocycles. The number of carboxylic acid groups (broad SMARTS) is 1. The van der Waals surface area contributed by atoms with Gasteiger partial charge in [-0.3, -0.25) is 4.89 Å². The molecule has 0 spiro atoms. The largest absolute Gasteiger partial charge is 0.537 e. The lowest BCUT2D eigenvalue weighted by Crippen LogP contribution is -2.02. The second-order valence-corrected chi connectivity index (χ2v) is 1.88. The maximum absolute atomic E-state index is 9.68. The summed E-state index contributed by atoms with van der Waals surface area (Å²) in [5.74, 6) is 0. The average molecular weight is 221 g/mol. The van der Waals surface area contributed by atoms with Crippen molar-refractivity contribution in [3.8, 4) is 0 Å². The Morgan fingerprint density at radius 1 is 1.33 bits per heavy atom. The number of unbranched alkanes of at least 4 members (excludes halogenated alkanes) is 2. The van der Waals surface area contributed by atoms with Crippen molar-refractivity contribution in [2.24, 2.45) is 0 Å². The van der Waals surface area contributed by atoms with Gasteiger partial charge in [-0.15, -0.1) is 24.8 Å². The number of hydrogen-bond donors (Lipinski definition) is 1. The molecule has 0 unspecified atom stereocenters. The van der Waals surface area contributed by atoms with Gasteiger partial charge in [0.1, 0.15) is 0 Å². The van der Waals surface area contributed by atoms with E-state index < -0.39 is 6.16 Å². The molecular weight excluding hydrogens is 207 g/mol. The van der Waals surface area contributed by atoms with Crippen LogP contribution in [0.25, 0.3) is 0 Å². The smallest absolute Gasteiger partial charge is 0.448 e. The Balaban J connectivity index is -0.000000405. The van der Waals surface area contributed by atoms with E-state index in [0.29, 0.717) is 6.61 Å². The minimum Gasteiger partial charge on any atom is -0.448 e. The molecule has 1 N–H and O–H groups in total. The van der Waals surface area contributed by atoms with E-state index in [0.717, 1.165) is 19.3 Å². The van der Waals surface area contributed by atoms with Crippen molar-refractivity contribution in [3.05, 3.63) is 0 Å². The van der Waals surface area contributed by atoms with Crippen LogP contribution in [0, 0.1) is 0 Å². The van der Waals surface area contributed by atoms with E-state index in [1.807, 2.05) is 0 Å². The summed E-state index contributed by atoms with van der Waals surface area (Å²) in [5.41, 5.74) is 0. The maximum Gasteiger partial charge on any atom is 0.537 e. The fraction of sp³-hybridized carbons (Fsp3) is 0.833. The molecule has 0 aromatic carbocycles. The average Bonchev–Trinajstić information content (AvgIpc) is 1.87. The van der Waals surface area contributed by atoms with Crippen LogP contribution in [0.1, 0.15) is 26.2 Å². The molecule has 0 aromatic rings. The molecule has 4 nitrogen and oxygen atoms in total. The van der Waals surface area contributed by atoms with Crippen LogP contribution >= 0.6 is 24.8 Å². The fourth-order valence-electron chi connectivity index (χ4n) is 0.503. The molecule has 6 heteroatoms. The highest BCUT2D eigenvalue weighted by Crippen LogP contribution is 1.94. The zero-order valence-electron chi connectivity index (χ0n) is 6.82. The van der Waals surface area contributed by atoms with Gasteiger partial charge in [0.15, 0.2) is 0 Å². The molecule has 0 bridgehead atoms. The van der Waals surface area contributed by atoms with E-state index in [1.165, 1.54) is 0 Å². The zero-order chi connectivity index (χ0) is 7.82. The van der Waals surface area contributed by atoms with Crippen molar-refractivity contribution in [1.29, 1.82) is 0 Å². The number of carbonyl (C=O) groups is 1. The second-order valence-electron chi connectivity index (χ2n) is 1.88. The molecule has 0 amide bonds. The molecule has 0 fully saturated rings. The minimum absolute atomic E-state index is 0. The first-order chi connectivity index (χ1) is 4.77. The first-order valence-corrected chi connectivity index (χ1v) is 3.29. The normalized spacial score (nSPS) is 7.75. The standard InChI is InChI=1S/C6H12O4.2ClH/c1-2-3-4-5-9-10-6(7)8;;/h2-5H2,1H3,(H,7,8);2*1H. The summed E-state index contributed by atoms with van der Waals surface area (Å²) in [5, 5.41) is 7.92. The summed E-state index contributed by atoms with van der Waals surface area (Å²) in [6.07, 6.45) is 1.56. The molecule has 0 radical (unpaired) electrons. The van der Waals surface area contributed by atoms with Gasteiger partial charge in [-0.1, -0.05) is 19.8 Å². The third-order valence-electron chi connectivity index (χ3n) is 0.961. The number of halogens is 2. The highest BCUT2D eigenvalue weighted by Gasteiger charge is 1.95. The van der Waals surface area contributed by atoms with E-state index in [9.17, 15) is 4.79 Å². The van der Waals surface area contributed by atoms with Crippen molar-refractivity contribution >= 4 is 31.0 Å². The molecule has 0 aromatic heterocycles. The molecule has 0 saturated heterocycles. The minimum atomic E-state index is -1.39. The predicted octanol–water partition coefficient (Wildman–Crippen LogP) is 2.65. The first-order valence-electron chi connectivity index (χ1n) is 3.29. The van der Waals surface area contributed by atoms with Crippen LogP contribution in [0.15, 0.2) is 0 Å². The van der Waals surface area contributed by atoms with Crippen molar-refractivity contribution < 1.29 is 19.7 Å². The van der Waals surface area contributed by atoms with Crippen LogP contribution < -0.4 is 0 Å². The molecule has 0 aliphatic carbocycles. The van der Waals surface area contributed by atoms with Gasteiger partial charge in [0.25, 0.3) is 0 Å². The summed E-state index contributed by atoms with van der Waals surface area (Å²) in [4.78, 5) is 17.8. The van der Waals surface area contributed by atoms with Crippen LogP contribution in [-0.4, -0.2) is 17.9 Å². The Bertz CT molecular complexity index is 99.5. The van der Waals surface area contributed by atoms with Gasteiger partial charge in [-0.25, -0.2) is 4.79 Å². The van der Waals surface area contributed by atoms with Crippen LogP contribution in [0.2, 0.25) is 0 Å². The van der Waals surface area contributed by atoms with Crippen molar-refractivity contribution in [3.63, 3.8) is 0 Å². The van der Waals surface area contributed by atoms with E-state index in [4.69, 9.17) is 5.11 Å². The Morgan fingerprint density at radius 2 is 1.92 bits per heavy atom. The topological polar surface area (TPSA) is 55.8 Å². The highest BCUT2D eigenvalue weighted by atomic mass is 35.5. The van der Waals surface area contributed by atoms with E-state index in [-0.39, 0.29) is 24.8 Å². The summed E-state index contributed by atoms with van der Waals surface area (Å²) in [7, 11) is 0. The van der Waals surface area contributed by atoms with Crippen LogP contribution in [-0.2, 0) is 9.78 Å². The van der Waals surface area contributed by atoms with Crippen LogP contribution in [0.3, 0.4) is 0 Å². The molecular formula is C6H14Cl2O4. The van der Waals surface area contributed by atoms with Gasteiger partial charge < -0.3 is 5.11 Å². The lowest BCUT2D eigenvalue weighted by atomic mass is 10.3. The molecule has 12 heavy (non-hydrogen) atoms. The van der Waals surface area contributed by atoms with Gasteiger partial charge in [0.2, 0.25) is 0 Å². The predicted molar refractivity (Wildman–Crippen MR) is 49.1 cm³/mol. The number of rotatable bonds is 5. The Labute approximate surface area is 84.0 Å². The lowest BCUT2D eigenvalue weighted by molar-refractivity contribution is -0.251. The summed E-state index contributed by atoms with van der Waals surface area (Å²) in [6.45, 7) is 2.40. The SMILES string of the molecule is CCCCCOOC(=O)O.Cl.Cl. The molecule has 76 valence electrons. The zero-order valence-corrected chi connectivity index (χ0v) is 8.45. The maximum atomic E-state index is 9.68. The van der Waals surface area contributed by atoms with Gasteiger partial charge in [-0.05, 0) is 6.42 Å². The van der Waals surface area contributed by atoms with Crippen molar-refractivity contribution in [2.45, 2.75) is 26.2 Å². The van der Waals surface area contributed by atoms with E-state index in [2.05, 4.69) is 16.7 Å². The number of hydrogen-bond acceptors (Lipinski definition) is 3. The lowest BCUT2D eigenvalue weighted by Gasteiger charge is -1.97. The van der Waals surface area contributed by atoms with Gasteiger partial charge in [0, 0.05) is 0 Å². The Morgan fingerprint density at radius 3 is 2.33 bits per heavy atom. The van der Waals surface area contributed by atoms with Crippen molar-refractivity contribution in [2.75, 3.05) is 6.61 Å². The fourth-order valence-corrected chi connectivity index (χ4v) is 0.503. The summed E-state index contributed by atoms with van der Waals surface area (Å²) < 4.78 is 0. The third-order valence-corrected chi connectivity index (χ3v) is 0.961. The molecule has 0 aliphatic heterocycles. The monoisotopic (exact) mass is 220 g/mol. The second kappa shape index (κ2) is 13.4. The summed E-state index contributed by atoms with van der Waals surface area (Å²) in [6, 6.07) is 0. The molecule has 0 aliphatic rings. The molecule has 0 atom stereocenters. The van der Waals surface area contributed by atoms with Gasteiger partial charge in [0.05, 0.1) is 6.61 Å².